The Hall–Kier alpha value is -1.81. The Kier molecular flexibility index (Phi) is 4.09. The van der Waals surface area contributed by atoms with Crippen LogP contribution in [-0.4, -0.2) is 28.8 Å². The molecule has 1 heterocycles. The summed E-state index contributed by atoms with van der Waals surface area (Å²) in [6.45, 7) is 0. The zero-order valence-electron chi connectivity index (χ0n) is 13.5. The number of rotatable bonds is 2. The van der Waals surface area contributed by atoms with Crippen LogP contribution in [0.15, 0.2) is 40.6 Å². The molecule has 4 nitrogen and oxygen atoms in total. The maximum atomic E-state index is 12.7. The number of carbonyl (C=O) groups excluding carboxylic acids is 1. The second kappa shape index (κ2) is 6.25. The van der Waals surface area contributed by atoms with Crippen LogP contribution >= 0.6 is 11.6 Å². The Morgan fingerprint density at radius 1 is 1.21 bits per heavy atom. The number of nitrogens with zero attached hydrogens (tertiary/aromatic N) is 1. The minimum atomic E-state index is -0.0337. The number of amidine groups is 1. The highest BCUT2D eigenvalue weighted by molar-refractivity contribution is 6.30. The standard InChI is InChI=1S/C19H21ClN2O2/c20-13-5-3-4-11(8-13)12-9-16(23)18(17(24)10-12)19-21-14-6-1-2-7-15(14)22-19/h3-5,8,12,14-15,23H,1-2,6-7,9-10H2,(H,21,22)/t12?,14-,15+. The van der Waals surface area contributed by atoms with Crippen LogP contribution in [0, 0.1) is 0 Å². The van der Waals surface area contributed by atoms with E-state index >= 15 is 0 Å². The first kappa shape index (κ1) is 15.7. The van der Waals surface area contributed by atoms with E-state index in [1.165, 1.54) is 12.8 Å². The minimum absolute atomic E-state index is 0.0239. The molecule has 0 bridgehead atoms. The average molecular weight is 345 g/mol. The molecule has 0 radical (unpaired) electrons. The van der Waals surface area contributed by atoms with E-state index in [1.54, 1.807) is 0 Å². The highest BCUT2D eigenvalue weighted by atomic mass is 35.5. The van der Waals surface area contributed by atoms with Crippen molar-refractivity contribution < 1.29 is 9.90 Å². The lowest BCUT2D eigenvalue weighted by Crippen LogP contribution is -2.39. The third-order valence-electron chi connectivity index (χ3n) is 5.34. The van der Waals surface area contributed by atoms with Crippen molar-refractivity contribution in [1.82, 2.24) is 5.32 Å². The second-order valence-electron chi connectivity index (χ2n) is 6.99. The number of aliphatic hydroxyl groups excluding tert-OH is 1. The van der Waals surface area contributed by atoms with E-state index in [4.69, 9.17) is 16.6 Å². The number of carbonyl (C=O) groups is 1. The predicted molar refractivity (Wildman–Crippen MR) is 94.7 cm³/mol. The summed E-state index contributed by atoms with van der Waals surface area (Å²) in [5.74, 6) is 0.706. The molecule has 126 valence electrons. The van der Waals surface area contributed by atoms with Crippen molar-refractivity contribution in [2.24, 2.45) is 4.99 Å². The van der Waals surface area contributed by atoms with Crippen molar-refractivity contribution in [1.29, 1.82) is 0 Å². The highest BCUT2D eigenvalue weighted by Crippen LogP contribution is 2.36. The lowest BCUT2D eigenvalue weighted by molar-refractivity contribution is -0.116. The molecule has 5 heteroatoms. The number of aliphatic hydroxyl groups is 1. The molecule has 1 saturated carbocycles. The largest absolute Gasteiger partial charge is 0.511 e. The van der Waals surface area contributed by atoms with Gasteiger partial charge in [0.25, 0.3) is 0 Å². The molecule has 2 aliphatic carbocycles. The summed E-state index contributed by atoms with van der Waals surface area (Å²) in [6, 6.07) is 8.11. The Morgan fingerprint density at radius 2 is 2.04 bits per heavy atom. The highest BCUT2D eigenvalue weighted by Gasteiger charge is 2.37. The molecule has 0 aromatic heterocycles. The third kappa shape index (κ3) is 2.84. The van der Waals surface area contributed by atoms with Crippen molar-refractivity contribution in [3.63, 3.8) is 0 Å². The van der Waals surface area contributed by atoms with Crippen molar-refractivity contribution in [3.8, 4) is 0 Å². The maximum Gasteiger partial charge on any atom is 0.170 e. The van der Waals surface area contributed by atoms with Gasteiger partial charge in [0.1, 0.15) is 11.6 Å². The van der Waals surface area contributed by atoms with Gasteiger partial charge in [0, 0.05) is 23.9 Å². The molecule has 1 aromatic carbocycles. The molecule has 0 spiro atoms. The van der Waals surface area contributed by atoms with Gasteiger partial charge in [0.05, 0.1) is 11.6 Å². The number of allylic oxidation sites excluding steroid dienone is 1. The molecule has 1 aliphatic heterocycles. The fourth-order valence-electron chi connectivity index (χ4n) is 4.11. The Morgan fingerprint density at radius 3 is 2.79 bits per heavy atom. The summed E-state index contributed by atoms with van der Waals surface area (Å²) in [4.78, 5) is 17.4. The van der Waals surface area contributed by atoms with Crippen LogP contribution < -0.4 is 5.32 Å². The van der Waals surface area contributed by atoms with Crippen molar-refractivity contribution in [2.75, 3.05) is 0 Å². The molecule has 0 saturated heterocycles. The van der Waals surface area contributed by atoms with Crippen molar-refractivity contribution >= 4 is 23.2 Å². The van der Waals surface area contributed by atoms with Crippen LogP contribution in [0.1, 0.15) is 50.0 Å². The van der Waals surface area contributed by atoms with Crippen LogP contribution in [0.25, 0.3) is 0 Å². The van der Waals surface area contributed by atoms with Gasteiger partial charge >= 0.3 is 0 Å². The van der Waals surface area contributed by atoms with Crippen LogP contribution in [0.3, 0.4) is 0 Å². The van der Waals surface area contributed by atoms with E-state index in [2.05, 4.69) is 5.32 Å². The molecule has 1 unspecified atom stereocenters. The second-order valence-corrected chi connectivity index (χ2v) is 7.42. The van der Waals surface area contributed by atoms with E-state index in [1.807, 2.05) is 24.3 Å². The van der Waals surface area contributed by atoms with Gasteiger partial charge in [0.15, 0.2) is 5.78 Å². The summed E-state index contributed by atoms with van der Waals surface area (Å²) in [5, 5.41) is 14.6. The zero-order valence-corrected chi connectivity index (χ0v) is 14.2. The summed E-state index contributed by atoms with van der Waals surface area (Å²) in [5.41, 5.74) is 1.40. The summed E-state index contributed by atoms with van der Waals surface area (Å²) in [7, 11) is 0. The van der Waals surface area contributed by atoms with Gasteiger partial charge in [-0.1, -0.05) is 36.6 Å². The van der Waals surface area contributed by atoms with Gasteiger partial charge in [-0.25, -0.2) is 0 Å². The number of fused-ring (bicyclic) bond motifs is 1. The van der Waals surface area contributed by atoms with Gasteiger partial charge < -0.3 is 10.4 Å². The number of Topliss-reactive ketones (excluding diaryl/α,β-unsaturated/α-hetero) is 1. The molecule has 3 atom stereocenters. The minimum Gasteiger partial charge on any atom is -0.511 e. The van der Waals surface area contributed by atoms with Crippen molar-refractivity contribution in [3.05, 3.63) is 46.2 Å². The van der Waals surface area contributed by atoms with Crippen LogP contribution in [0.2, 0.25) is 5.02 Å². The fourth-order valence-corrected chi connectivity index (χ4v) is 4.31. The van der Waals surface area contributed by atoms with Gasteiger partial charge in [0.2, 0.25) is 0 Å². The lowest BCUT2D eigenvalue weighted by atomic mass is 9.82. The lowest BCUT2D eigenvalue weighted by Gasteiger charge is -2.25. The molecule has 24 heavy (non-hydrogen) atoms. The number of benzene rings is 1. The summed E-state index contributed by atoms with van der Waals surface area (Å²) < 4.78 is 0. The van der Waals surface area contributed by atoms with Gasteiger partial charge in [-0.3, -0.25) is 9.79 Å². The third-order valence-corrected chi connectivity index (χ3v) is 5.58. The molecule has 4 rings (SSSR count). The number of nitrogens with one attached hydrogen (secondary N) is 1. The van der Waals surface area contributed by atoms with Gasteiger partial charge in [-0.05, 0) is 36.5 Å². The summed E-state index contributed by atoms with van der Waals surface area (Å²) >= 11 is 6.05. The van der Waals surface area contributed by atoms with Crippen LogP contribution in [0.4, 0.5) is 0 Å². The van der Waals surface area contributed by atoms with Crippen LogP contribution in [-0.2, 0) is 4.79 Å². The van der Waals surface area contributed by atoms with Crippen LogP contribution in [0.5, 0.6) is 0 Å². The first-order chi connectivity index (χ1) is 11.6. The number of halogens is 1. The molecule has 1 fully saturated rings. The molecular formula is C19H21ClN2O2. The normalized spacial score (nSPS) is 30.0. The average Bonchev–Trinajstić information content (AvgIpc) is 2.97. The first-order valence-electron chi connectivity index (χ1n) is 8.67. The number of hydrogen-bond donors (Lipinski definition) is 2. The van der Waals surface area contributed by atoms with Crippen molar-refractivity contribution in [2.45, 2.75) is 56.5 Å². The van der Waals surface area contributed by atoms with E-state index in [0.717, 1.165) is 18.4 Å². The molecule has 1 aromatic rings. The number of aliphatic imine (C=N–C) groups is 1. The van der Waals surface area contributed by atoms with E-state index < -0.39 is 0 Å². The SMILES string of the molecule is O=C1CC(c2cccc(Cl)c2)CC(O)=C1C1=N[C@H]2CCCC[C@H]2N1. The Bertz CT molecular complexity index is 741. The monoisotopic (exact) mass is 344 g/mol. The topological polar surface area (TPSA) is 61.7 Å². The smallest absolute Gasteiger partial charge is 0.170 e. The summed E-state index contributed by atoms with van der Waals surface area (Å²) in [6.07, 6.45) is 5.38. The maximum absolute atomic E-state index is 12.7. The number of ketones is 1. The first-order valence-corrected chi connectivity index (χ1v) is 9.05. The van der Waals surface area contributed by atoms with E-state index in [9.17, 15) is 9.90 Å². The van der Waals surface area contributed by atoms with Gasteiger partial charge in [-0.15, -0.1) is 0 Å². The zero-order chi connectivity index (χ0) is 16.7. The molecule has 3 aliphatic rings. The quantitative estimate of drug-likeness (QED) is 0.855. The predicted octanol–water partition coefficient (Wildman–Crippen LogP) is 3.91. The fraction of sp³-hybridized carbons (Fsp3) is 0.474. The van der Waals surface area contributed by atoms with E-state index in [-0.39, 0.29) is 23.5 Å². The molecule has 0 amide bonds. The van der Waals surface area contributed by atoms with E-state index in [0.29, 0.717) is 35.3 Å². The molecular weight excluding hydrogens is 324 g/mol. The Labute approximate surface area is 146 Å². The number of hydrogen-bond acceptors (Lipinski definition) is 4. The van der Waals surface area contributed by atoms with Gasteiger partial charge in [-0.2, -0.15) is 0 Å². The Balaban J connectivity index is 1.59. The molecule has 2 N–H and O–H groups in total.